The van der Waals surface area contributed by atoms with E-state index >= 15 is 0 Å². The second-order valence-corrected chi connectivity index (χ2v) is 4.07. The quantitative estimate of drug-likeness (QED) is 0.891. The van der Waals surface area contributed by atoms with E-state index in [1.807, 2.05) is 6.07 Å². The molecule has 0 bridgehead atoms. The summed E-state index contributed by atoms with van der Waals surface area (Å²) in [5.74, 6) is -0.406. The molecule has 1 amide bonds. The molecule has 0 aromatic heterocycles. The molecular formula is C9H10BrClN2O. The smallest absolute Gasteiger partial charge is 0.239 e. The monoisotopic (exact) mass is 276 g/mol. The van der Waals surface area contributed by atoms with E-state index in [1.165, 1.54) is 0 Å². The van der Waals surface area contributed by atoms with Crippen molar-refractivity contribution >= 4 is 39.1 Å². The zero-order valence-corrected chi connectivity index (χ0v) is 9.89. The maximum Gasteiger partial charge on any atom is 0.239 e. The van der Waals surface area contributed by atoms with Crippen LogP contribution in [0.3, 0.4) is 0 Å². The van der Waals surface area contributed by atoms with E-state index in [0.717, 1.165) is 10.2 Å². The van der Waals surface area contributed by atoms with Gasteiger partial charge in [-0.2, -0.15) is 0 Å². The van der Waals surface area contributed by atoms with Gasteiger partial charge < -0.3 is 11.1 Å². The topological polar surface area (TPSA) is 55.1 Å². The fourth-order valence-electron chi connectivity index (χ4n) is 0.920. The van der Waals surface area contributed by atoms with Crippen LogP contribution in [0, 0.1) is 0 Å². The largest absolute Gasteiger partial charge is 0.373 e. The zero-order chi connectivity index (χ0) is 10.7. The summed E-state index contributed by atoms with van der Waals surface area (Å²) in [5.41, 5.74) is 5.88. The summed E-state index contributed by atoms with van der Waals surface area (Å²) in [6.07, 6.45) is 0. The Morgan fingerprint density at radius 3 is 2.86 bits per heavy atom. The van der Waals surface area contributed by atoms with Crippen molar-refractivity contribution in [2.45, 2.75) is 13.0 Å². The Hall–Kier alpha value is -0.740. The van der Waals surface area contributed by atoms with E-state index < -0.39 is 11.9 Å². The number of nitrogens with two attached hydrogens (primary N) is 1. The van der Waals surface area contributed by atoms with Gasteiger partial charge in [0.05, 0.1) is 15.2 Å². The summed E-state index contributed by atoms with van der Waals surface area (Å²) < 4.78 is 0.731. The summed E-state index contributed by atoms with van der Waals surface area (Å²) >= 11 is 9.19. The van der Waals surface area contributed by atoms with Crippen molar-refractivity contribution in [3.05, 3.63) is 27.7 Å². The van der Waals surface area contributed by atoms with Crippen LogP contribution in [0.15, 0.2) is 22.7 Å². The summed E-state index contributed by atoms with van der Waals surface area (Å²) in [7, 11) is 0. The molecule has 0 aliphatic carbocycles. The maximum absolute atomic E-state index is 10.8. The van der Waals surface area contributed by atoms with Crippen molar-refractivity contribution < 1.29 is 4.79 Å². The minimum atomic E-state index is -0.426. The Labute approximate surface area is 95.7 Å². The molecular weight excluding hydrogens is 267 g/mol. The van der Waals surface area contributed by atoms with Gasteiger partial charge in [0, 0.05) is 0 Å². The molecule has 0 spiro atoms. The maximum atomic E-state index is 10.8. The van der Waals surface area contributed by atoms with Crippen LogP contribution in [0.4, 0.5) is 5.69 Å². The molecule has 0 saturated carbocycles. The minimum absolute atomic E-state index is 0.406. The molecule has 1 atom stereocenters. The molecule has 3 N–H and O–H groups in total. The Morgan fingerprint density at radius 1 is 1.64 bits per heavy atom. The fourth-order valence-corrected chi connectivity index (χ4v) is 1.47. The van der Waals surface area contributed by atoms with Gasteiger partial charge in [0.1, 0.15) is 6.04 Å². The standard InChI is InChI=1S/C9H10BrClN2O/c1-5(9(12)14)13-7-4-2-3-6(11)8(7)10/h2-5,13H,1H3,(H2,12,14). The van der Waals surface area contributed by atoms with Gasteiger partial charge in [-0.15, -0.1) is 0 Å². The molecule has 0 fully saturated rings. The van der Waals surface area contributed by atoms with E-state index in [0.29, 0.717) is 5.02 Å². The number of hydrogen-bond donors (Lipinski definition) is 2. The van der Waals surface area contributed by atoms with Gasteiger partial charge in [0.15, 0.2) is 0 Å². The molecule has 3 nitrogen and oxygen atoms in total. The third-order valence-electron chi connectivity index (χ3n) is 1.75. The van der Waals surface area contributed by atoms with Crippen molar-refractivity contribution in [1.82, 2.24) is 0 Å². The number of primary amides is 1. The van der Waals surface area contributed by atoms with Gasteiger partial charge in [-0.1, -0.05) is 17.7 Å². The number of halogens is 2. The van der Waals surface area contributed by atoms with Crippen LogP contribution < -0.4 is 11.1 Å². The van der Waals surface area contributed by atoms with Gasteiger partial charge in [0.2, 0.25) is 5.91 Å². The van der Waals surface area contributed by atoms with Gasteiger partial charge in [-0.3, -0.25) is 4.79 Å². The predicted octanol–water partition coefficient (Wildman–Crippen LogP) is 2.39. The SMILES string of the molecule is CC(Nc1cccc(Cl)c1Br)C(N)=O. The van der Waals surface area contributed by atoms with Crippen LogP contribution in [0.2, 0.25) is 5.02 Å². The van der Waals surface area contributed by atoms with Crippen molar-refractivity contribution in [3.63, 3.8) is 0 Å². The highest BCUT2D eigenvalue weighted by atomic mass is 79.9. The number of carbonyl (C=O) groups is 1. The first-order chi connectivity index (χ1) is 6.52. The Kier molecular flexibility index (Phi) is 3.77. The third kappa shape index (κ3) is 2.62. The first kappa shape index (κ1) is 11.3. The lowest BCUT2D eigenvalue weighted by Crippen LogP contribution is -2.32. The first-order valence-electron chi connectivity index (χ1n) is 4.02. The highest BCUT2D eigenvalue weighted by molar-refractivity contribution is 9.10. The number of amides is 1. The number of anilines is 1. The van der Waals surface area contributed by atoms with E-state index in [4.69, 9.17) is 17.3 Å². The lowest BCUT2D eigenvalue weighted by molar-refractivity contribution is -0.118. The van der Waals surface area contributed by atoms with E-state index in [1.54, 1.807) is 19.1 Å². The molecule has 0 aliphatic heterocycles. The number of nitrogens with one attached hydrogen (secondary N) is 1. The molecule has 14 heavy (non-hydrogen) atoms. The van der Waals surface area contributed by atoms with Crippen LogP contribution in [0.5, 0.6) is 0 Å². The van der Waals surface area contributed by atoms with Gasteiger partial charge >= 0.3 is 0 Å². The summed E-state index contributed by atoms with van der Waals surface area (Å²) in [6, 6.07) is 4.94. The first-order valence-corrected chi connectivity index (χ1v) is 5.19. The second-order valence-electron chi connectivity index (χ2n) is 2.87. The van der Waals surface area contributed by atoms with E-state index in [-0.39, 0.29) is 0 Å². The second kappa shape index (κ2) is 4.66. The van der Waals surface area contributed by atoms with E-state index in [9.17, 15) is 4.79 Å². The average Bonchev–Trinajstić information content (AvgIpc) is 2.12. The Morgan fingerprint density at radius 2 is 2.29 bits per heavy atom. The number of carbonyl (C=O) groups excluding carboxylic acids is 1. The molecule has 0 saturated heterocycles. The number of hydrogen-bond acceptors (Lipinski definition) is 2. The van der Waals surface area contributed by atoms with Crippen LogP contribution in [-0.4, -0.2) is 11.9 Å². The lowest BCUT2D eigenvalue weighted by atomic mass is 10.2. The molecule has 0 heterocycles. The van der Waals surface area contributed by atoms with Gasteiger partial charge in [-0.25, -0.2) is 0 Å². The summed E-state index contributed by atoms with van der Waals surface area (Å²) in [4.78, 5) is 10.8. The highest BCUT2D eigenvalue weighted by Crippen LogP contribution is 2.30. The molecule has 1 aromatic carbocycles. The summed E-state index contributed by atoms with van der Waals surface area (Å²) in [5, 5.41) is 3.53. The van der Waals surface area contributed by atoms with Crippen molar-refractivity contribution in [2.24, 2.45) is 5.73 Å². The van der Waals surface area contributed by atoms with Crippen molar-refractivity contribution in [2.75, 3.05) is 5.32 Å². The molecule has 1 rings (SSSR count). The number of rotatable bonds is 3. The van der Waals surface area contributed by atoms with E-state index in [2.05, 4.69) is 21.2 Å². The van der Waals surface area contributed by atoms with Crippen LogP contribution >= 0.6 is 27.5 Å². The van der Waals surface area contributed by atoms with Crippen LogP contribution in [-0.2, 0) is 4.79 Å². The molecule has 1 unspecified atom stereocenters. The molecule has 1 aromatic rings. The lowest BCUT2D eigenvalue weighted by Gasteiger charge is -2.13. The minimum Gasteiger partial charge on any atom is -0.373 e. The normalized spacial score (nSPS) is 12.2. The molecule has 0 aliphatic rings. The van der Waals surface area contributed by atoms with Crippen molar-refractivity contribution in [3.8, 4) is 0 Å². The summed E-state index contributed by atoms with van der Waals surface area (Å²) in [6.45, 7) is 1.69. The highest BCUT2D eigenvalue weighted by Gasteiger charge is 2.10. The van der Waals surface area contributed by atoms with Gasteiger partial charge in [0.25, 0.3) is 0 Å². The predicted molar refractivity (Wildman–Crippen MR) is 61.4 cm³/mol. The zero-order valence-electron chi connectivity index (χ0n) is 7.55. The molecule has 5 heteroatoms. The number of benzene rings is 1. The Balaban J connectivity index is 2.87. The molecule has 76 valence electrons. The van der Waals surface area contributed by atoms with Crippen molar-refractivity contribution in [1.29, 1.82) is 0 Å². The third-order valence-corrected chi connectivity index (χ3v) is 3.15. The van der Waals surface area contributed by atoms with Crippen LogP contribution in [0.1, 0.15) is 6.92 Å². The van der Waals surface area contributed by atoms with Gasteiger partial charge in [-0.05, 0) is 35.0 Å². The molecule has 0 radical (unpaired) electrons. The average molecular weight is 278 g/mol. The Bertz CT molecular complexity index is 357. The van der Waals surface area contributed by atoms with Crippen LogP contribution in [0.25, 0.3) is 0 Å². The fraction of sp³-hybridized carbons (Fsp3) is 0.222.